The summed E-state index contributed by atoms with van der Waals surface area (Å²) in [6.45, 7) is 7.78. The lowest BCUT2D eigenvalue weighted by atomic mass is 10.5. The molecule has 0 atom stereocenters. The Hall–Kier alpha value is 0.184. The lowest BCUT2D eigenvalue weighted by Crippen LogP contribution is -2.33. The molecule has 1 radical (unpaired) electrons. The summed E-state index contributed by atoms with van der Waals surface area (Å²) < 4.78 is 41.0. The number of hydrogen-bond donors (Lipinski definition) is 0. The van der Waals surface area contributed by atoms with Crippen LogP contribution in [0.3, 0.4) is 0 Å². The molecule has 0 aromatic heterocycles. The summed E-state index contributed by atoms with van der Waals surface area (Å²) in [4.78, 5) is 0. The Bertz CT molecular complexity index is 153. The molecular weight excluding hydrogens is 213 g/mol. The number of alkyl halides is 3. The summed E-state index contributed by atoms with van der Waals surface area (Å²) in [5, 5.41) is 0. The molecule has 0 aliphatic heterocycles. The van der Waals surface area contributed by atoms with Gasteiger partial charge in [-0.25, -0.2) is 0 Å². The second-order valence-electron chi connectivity index (χ2n) is 4.03. The molecule has 0 aromatic carbocycles. The van der Waals surface area contributed by atoms with E-state index in [4.69, 9.17) is 4.12 Å². The fourth-order valence-corrected chi connectivity index (χ4v) is 6.12. The first-order chi connectivity index (χ1) is 5.60. The van der Waals surface area contributed by atoms with Crippen LogP contribution in [0.5, 0.6) is 0 Å². The first-order valence-electron chi connectivity index (χ1n) is 4.18. The van der Waals surface area contributed by atoms with Gasteiger partial charge in [-0.15, -0.1) is 0 Å². The van der Waals surface area contributed by atoms with Crippen molar-refractivity contribution in [3.63, 3.8) is 0 Å². The van der Waals surface area contributed by atoms with E-state index in [1.54, 1.807) is 6.55 Å². The van der Waals surface area contributed by atoms with Crippen LogP contribution in [0, 0.1) is 0 Å². The molecule has 79 valence electrons. The van der Waals surface area contributed by atoms with Crippen LogP contribution in [0.4, 0.5) is 13.2 Å². The molecule has 0 aliphatic rings. The van der Waals surface area contributed by atoms with E-state index in [1.165, 1.54) is 0 Å². The van der Waals surface area contributed by atoms with E-state index in [2.05, 4.69) is 0 Å². The highest BCUT2D eigenvalue weighted by molar-refractivity contribution is 6.77. The molecule has 0 N–H and O–H groups in total. The first kappa shape index (κ1) is 13.2. The summed E-state index contributed by atoms with van der Waals surface area (Å²) in [6.07, 6.45) is -4.74. The van der Waals surface area contributed by atoms with Crippen molar-refractivity contribution in [2.45, 2.75) is 44.8 Å². The van der Waals surface area contributed by atoms with Crippen LogP contribution in [0.15, 0.2) is 0 Å². The van der Waals surface area contributed by atoms with Crippen LogP contribution in [-0.2, 0) is 4.12 Å². The Balaban J connectivity index is 3.70. The van der Waals surface area contributed by atoms with Gasteiger partial charge in [0.1, 0.15) is 0 Å². The quantitative estimate of drug-likeness (QED) is 0.671. The summed E-state index contributed by atoms with van der Waals surface area (Å²) in [6, 6.07) is 0.165. The maximum Gasteiger partial charge on any atom is 0.388 e. The van der Waals surface area contributed by atoms with E-state index >= 15 is 0 Å². The fraction of sp³-hybridized carbons (Fsp3) is 1.00. The van der Waals surface area contributed by atoms with E-state index in [9.17, 15) is 13.2 Å². The Morgan fingerprint density at radius 2 is 1.69 bits per heavy atom. The normalized spacial score (nSPS) is 13.8. The van der Waals surface area contributed by atoms with Gasteiger partial charge in [-0.3, -0.25) is 0 Å². The molecule has 0 heterocycles. The molecule has 6 heteroatoms. The maximum absolute atomic E-state index is 11.8. The van der Waals surface area contributed by atoms with E-state index in [0.29, 0.717) is 0 Å². The SMILES string of the molecule is C[Si](CCC(F)(F)F)O[Si](C)(C)C. The van der Waals surface area contributed by atoms with Gasteiger partial charge in [0.05, 0.1) is 0 Å². The third kappa shape index (κ3) is 10.1. The van der Waals surface area contributed by atoms with Gasteiger partial charge in [-0.2, -0.15) is 13.2 Å². The molecule has 0 spiro atoms. The van der Waals surface area contributed by atoms with E-state index in [-0.39, 0.29) is 6.04 Å². The Kier molecular flexibility index (Phi) is 4.67. The van der Waals surface area contributed by atoms with Crippen molar-refractivity contribution in [1.82, 2.24) is 0 Å². The molecule has 0 fully saturated rings. The molecule has 0 saturated carbocycles. The van der Waals surface area contributed by atoms with Crippen molar-refractivity contribution in [1.29, 1.82) is 0 Å². The molecule has 0 aliphatic carbocycles. The summed E-state index contributed by atoms with van der Waals surface area (Å²) in [7, 11) is -2.88. The standard InChI is InChI=1S/C7H16F3OSi2/c1-12(11-13(2,3)4)6-5-7(8,9)10/h5-6H2,1-4H3. The zero-order valence-corrected chi connectivity index (χ0v) is 10.5. The lowest BCUT2D eigenvalue weighted by molar-refractivity contribution is -0.130. The van der Waals surface area contributed by atoms with Crippen molar-refractivity contribution in [2.75, 3.05) is 0 Å². The third-order valence-corrected chi connectivity index (χ3v) is 6.04. The highest BCUT2D eigenvalue weighted by atomic mass is 28.4. The average molecular weight is 229 g/mol. The number of rotatable bonds is 4. The minimum Gasteiger partial charge on any atom is -0.456 e. The molecule has 0 bridgehead atoms. The first-order valence-corrected chi connectivity index (χ1v) is 9.71. The minimum absolute atomic E-state index is 0.165. The molecule has 0 aromatic rings. The lowest BCUT2D eigenvalue weighted by Gasteiger charge is -2.22. The largest absolute Gasteiger partial charge is 0.456 e. The van der Waals surface area contributed by atoms with E-state index < -0.39 is 30.0 Å². The van der Waals surface area contributed by atoms with Gasteiger partial charge in [-0.05, 0) is 32.2 Å². The summed E-state index contributed by atoms with van der Waals surface area (Å²) in [5.41, 5.74) is 0. The summed E-state index contributed by atoms with van der Waals surface area (Å²) in [5.74, 6) is 0. The molecule has 0 rings (SSSR count). The van der Waals surface area contributed by atoms with Crippen LogP contribution in [-0.4, -0.2) is 23.5 Å². The number of hydrogen-bond acceptors (Lipinski definition) is 1. The zero-order chi connectivity index (χ0) is 10.7. The van der Waals surface area contributed by atoms with E-state index in [0.717, 1.165) is 0 Å². The Morgan fingerprint density at radius 3 is 2.00 bits per heavy atom. The van der Waals surface area contributed by atoms with Crippen LogP contribution >= 0.6 is 0 Å². The monoisotopic (exact) mass is 229 g/mol. The van der Waals surface area contributed by atoms with Crippen molar-refractivity contribution < 1.29 is 17.3 Å². The van der Waals surface area contributed by atoms with Crippen molar-refractivity contribution in [3.05, 3.63) is 0 Å². The topological polar surface area (TPSA) is 9.23 Å². The Morgan fingerprint density at radius 1 is 1.23 bits per heavy atom. The van der Waals surface area contributed by atoms with Crippen LogP contribution in [0.1, 0.15) is 6.42 Å². The van der Waals surface area contributed by atoms with E-state index in [1.807, 2.05) is 19.6 Å². The van der Waals surface area contributed by atoms with Gasteiger partial charge >= 0.3 is 6.18 Å². The van der Waals surface area contributed by atoms with Crippen LogP contribution in [0.25, 0.3) is 0 Å². The molecule has 0 amide bonds. The minimum atomic E-state index is -4.03. The summed E-state index contributed by atoms with van der Waals surface area (Å²) >= 11 is 0. The van der Waals surface area contributed by atoms with Gasteiger partial charge in [0, 0.05) is 6.42 Å². The molecule has 13 heavy (non-hydrogen) atoms. The van der Waals surface area contributed by atoms with Crippen LogP contribution < -0.4 is 0 Å². The zero-order valence-electron chi connectivity index (χ0n) is 8.46. The molecule has 0 unspecified atom stereocenters. The predicted molar refractivity (Wildman–Crippen MR) is 51.5 cm³/mol. The second kappa shape index (κ2) is 4.61. The van der Waals surface area contributed by atoms with Gasteiger partial charge in [-0.1, -0.05) is 0 Å². The molecular formula is C7H16F3OSi2. The van der Waals surface area contributed by atoms with Crippen molar-refractivity contribution >= 4 is 17.4 Å². The average Bonchev–Trinajstić information content (AvgIpc) is 1.78. The highest BCUT2D eigenvalue weighted by Crippen LogP contribution is 2.23. The maximum atomic E-state index is 11.8. The third-order valence-electron chi connectivity index (χ3n) is 1.24. The van der Waals surface area contributed by atoms with Gasteiger partial charge in [0.2, 0.25) is 0 Å². The molecule has 0 saturated heterocycles. The highest BCUT2D eigenvalue weighted by Gasteiger charge is 2.29. The van der Waals surface area contributed by atoms with Crippen molar-refractivity contribution in [2.24, 2.45) is 0 Å². The second-order valence-corrected chi connectivity index (χ2v) is 11.0. The Labute approximate surface area is 80.1 Å². The number of halogens is 3. The van der Waals surface area contributed by atoms with Crippen molar-refractivity contribution in [3.8, 4) is 0 Å². The fourth-order valence-electron chi connectivity index (χ4n) is 0.891. The van der Waals surface area contributed by atoms with Gasteiger partial charge in [0.25, 0.3) is 0 Å². The van der Waals surface area contributed by atoms with Gasteiger partial charge in [0.15, 0.2) is 17.4 Å². The van der Waals surface area contributed by atoms with Gasteiger partial charge < -0.3 is 4.12 Å². The van der Waals surface area contributed by atoms with Crippen LogP contribution in [0.2, 0.25) is 32.2 Å². The predicted octanol–water partition coefficient (Wildman–Crippen LogP) is 3.41. The molecule has 1 nitrogen and oxygen atoms in total. The smallest absolute Gasteiger partial charge is 0.388 e.